The van der Waals surface area contributed by atoms with Crippen molar-refractivity contribution in [3.8, 4) is 5.75 Å². The summed E-state index contributed by atoms with van der Waals surface area (Å²) in [6.07, 6.45) is 0. The lowest BCUT2D eigenvalue weighted by molar-refractivity contribution is -0.124. The van der Waals surface area contributed by atoms with E-state index >= 15 is 0 Å². The highest BCUT2D eigenvalue weighted by molar-refractivity contribution is 5.97. The summed E-state index contributed by atoms with van der Waals surface area (Å²) in [5.41, 5.74) is 1.23. The largest absolute Gasteiger partial charge is 0.497 e. The average molecular weight is 372 g/mol. The van der Waals surface area contributed by atoms with Crippen molar-refractivity contribution in [2.75, 3.05) is 7.11 Å². The Morgan fingerprint density at radius 2 is 1.52 bits per heavy atom. The van der Waals surface area contributed by atoms with Crippen LogP contribution >= 0.6 is 0 Å². The molecule has 0 aliphatic carbocycles. The van der Waals surface area contributed by atoms with Gasteiger partial charge < -0.3 is 15.4 Å². The third-order valence-corrected chi connectivity index (χ3v) is 4.32. The van der Waals surface area contributed by atoms with E-state index in [2.05, 4.69) is 10.6 Å². The van der Waals surface area contributed by atoms with E-state index in [1.165, 1.54) is 12.1 Å². The van der Waals surface area contributed by atoms with Gasteiger partial charge in [-0.1, -0.05) is 26.0 Å². The molecule has 0 aliphatic heterocycles. The fraction of sp³-hybridized carbons (Fsp3) is 0.333. The molecule has 0 aromatic heterocycles. The number of carbonyl (C=O) groups excluding carboxylic acids is 2. The topological polar surface area (TPSA) is 67.4 Å². The lowest BCUT2D eigenvalue weighted by Gasteiger charge is -2.24. The first-order valence-corrected chi connectivity index (χ1v) is 8.82. The molecule has 0 saturated heterocycles. The number of amides is 2. The summed E-state index contributed by atoms with van der Waals surface area (Å²) in [5, 5.41) is 5.66. The quantitative estimate of drug-likeness (QED) is 0.782. The maximum absolute atomic E-state index is 13.1. The van der Waals surface area contributed by atoms with Crippen LogP contribution in [0.3, 0.4) is 0 Å². The van der Waals surface area contributed by atoms with E-state index in [0.29, 0.717) is 11.3 Å². The van der Waals surface area contributed by atoms with Crippen molar-refractivity contribution in [1.82, 2.24) is 10.6 Å². The molecule has 0 spiro atoms. The Balaban J connectivity index is 2.05. The van der Waals surface area contributed by atoms with E-state index < -0.39 is 6.04 Å². The number of ether oxygens (including phenoxy) is 1. The molecule has 2 amide bonds. The standard InChI is InChI=1S/C21H25FN2O3/c1-13(2)19(24-20(25)16-7-11-18(27-4)12-8-16)21(26)23-14(3)15-5-9-17(22)10-6-15/h5-14,19H,1-4H3,(H,23,26)(H,24,25)/t14?,19-/m0/s1. The van der Waals surface area contributed by atoms with Gasteiger partial charge >= 0.3 is 0 Å². The Morgan fingerprint density at radius 1 is 0.926 bits per heavy atom. The third kappa shape index (κ3) is 5.54. The summed E-state index contributed by atoms with van der Waals surface area (Å²) >= 11 is 0. The van der Waals surface area contributed by atoms with E-state index in [1.807, 2.05) is 20.8 Å². The average Bonchev–Trinajstić information content (AvgIpc) is 2.66. The third-order valence-electron chi connectivity index (χ3n) is 4.32. The van der Waals surface area contributed by atoms with Crippen molar-refractivity contribution in [1.29, 1.82) is 0 Å². The maximum Gasteiger partial charge on any atom is 0.251 e. The molecule has 27 heavy (non-hydrogen) atoms. The summed E-state index contributed by atoms with van der Waals surface area (Å²) < 4.78 is 18.1. The van der Waals surface area contributed by atoms with Crippen LogP contribution in [0.4, 0.5) is 4.39 Å². The predicted molar refractivity (Wildman–Crippen MR) is 102 cm³/mol. The van der Waals surface area contributed by atoms with Crippen LogP contribution in [0.15, 0.2) is 48.5 Å². The second-order valence-corrected chi connectivity index (χ2v) is 6.71. The van der Waals surface area contributed by atoms with Gasteiger partial charge in [-0.25, -0.2) is 4.39 Å². The van der Waals surface area contributed by atoms with E-state index in [-0.39, 0.29) is 29.6 Å². The van der Waals surface area contributed by atoms with Crippen LogP contribution in [0.25, 0.3) is 0 Å². The molecular weight excluding hydrogens is 347 g/mol. The van der Waals surface area contributed by atoms with Gasteiger partial charge in [-0.15, -0.1) is 0 Å². The maximum atomic E-state index is 13.1. The van der Waals surface area contributed by atoms with Crippen LogP contribution in [0.1, 0.15) is 42.7 Å². The Kier molecular flexibility index (Phi) is 6.93. The number of methoxy groups -OCH3 is 1. The minimum Gasteiger partial charge on any atom is -0.497 e. The van der Waals surface area contributed by atoms with Crippen molar-refractivity contribution in [2.24, 2.45) is 5.92 Å². The predicted octanol–water partition coefficient (Wildman–Crippen LogP) is 3.47. The van der Waals surface area contributed by atoms with Crippen LogP contribution in [0.2, 0.25) is 0 Å². The summed E-state index contributed by atoms with van der Waals surface area (Å²) in [7, 11) is 1.55. The molecule has 0 aliphatic rings. The van der Waals surface area contributed by atoms with Crippen LogP contribution in [0, 0.1) is 11.7 Å². The van der Waals surface area contributed by atoms with Gasteiger partial charge in [-0.2, -0.15) is 0 Å². The first-order chi connectivity index (χ1) is 12.8. The summed E-state index contributed by atoms with van der Waals surface area (Å²) in [6, 6.07) is 11.6. The number of benzene rings is 2. The lowest BCUT2D eigenvalue weighted by Crippen LogP contribution is -2.50. The highest BCUT2D eigenvalue weighted by Gasteiger charge is 2.26. The molecular formula is C21H25FN2O3. The lowest BCUT2D eigenvalue weighted by atomic mass is 10.0. The van der Waals surface area contributed by atoms with Gasteiger partial charge in [-0.3, -0.25) is 9.59 Å². The Morgan fingerprint density at radius 3 is 2.04 bits per heavy atom. The Bertz CT molecular complexity index is 773. The van der Waals surface area contributed by atoms with Gasteiger partial charge in [0.05, 0.1) is 13.2 Å². The van der Waals surface area contributed by atoms with E-state index in [1.54, 1.807) is 43.5 Å². The molecule has 2 rings (SSSR count). The van der Waals surface area contributed by atoms with E-state index in [9.17, 15) is 14.0 Å². The molecule has 144 valence electrons. The van der Waals surface area contributed by atoms with Gasteiger partial charge in [0.2, 0.25) is 5.91 Å². The molecule has 2 aromatic rings. The molecule has 2 aromatic carbocycles. The SMILES string of the molecule is COc1ccc(C(=O)N[C@H](C(=O)NC(C)c2ccc(F)cc2)C(C)C)cc1. The normalized spacial score (nSPS) is 13.0. The van der Waals surface area contributed by atoms with Gasteiger partial charge in [0.1, 0.15) is 17.6 Å². The highest BCUT2D eigenvalue weighted by Crippen LogP contribution is 2.15. The van der Waals surface area contributed by atoms with Gasteiger partial charge in [0, 0.05) is 5.56 Å². The number of hydrogen-bond acceptors (Lipinski definition) is 3. The molecule has 0 saturated carbocycles. The van der Waals surface area contributed by atoms with Crippen molar-refractivity contribution < 1.29 is 18.7 Å². The summed E-state index contributed by atoms with van der Waals surface area (Å²) in [6.45, 7) is 5.54. The molecule has 1 unspecified atom stereocenters. The van der Waals surface area contributed by atoms with Gasteiger partial charge in [0.15, 0.2) is 0 Å². The first-order valence-electron chi connectivity index (χ1n) is 8.82. The molecule has 0 fully saturated rings. The van der Waals surface area contributed by atoms with Gasteiger partial charge in [-0.05, 0) is 54.8 Å². The molecule has 6 heteroatoms. The zero-order valence-electron chi connectivity index (χ0n) is 16.0. The van der Waals surface area contributed by atoms with Crippen LogP contribution < -0.4 is 15.4 Å². The molecule has 5 nitrogen and oxygen atoms in total. The zero-order valence-corrected chi connectivity index (χ0v) is 16.0. The second kappa shape index (κ2) is 9.16. The minimum atomic E-state index is -0.692. The highest BCUT2D eigenvalue weighted by atomic mass is 19.1. The monoisotopic (exact) mass is 372 g/mol. The molecule has 2 atom stereocenters. The fourth-order valence-electron chi connectivity index (χ4n) is 2.64. The Labute approximate surface area is 158 Å². The molecule has 2 N–H and O–H groups in total. The molecule has 0 bridgehead atoms. The first kappa shape index (κ1) is 20.4. The summed E-state index contributed by atoms with van der Waals surface area (Å²) in [5.74, 6) is -0.404. The summed E-state index contributed by atoms with van der Waals surface area (Å²) in [4.78, 5) is 25.2. The van der Waals surface area contributed by atoms with Crippen molar-refractivity contribution in [3.05, 3.63) is 65.5 Å². The zero-order chi connectivity index (χ0) is 20.0. The number of nitrogens with one attached hydrogen (secondary N) is 2. The number of rotatable bonds is 7. The molecule has 0 heterocycles. The van der Waals surface area contributed by atoms with Crippen molar-refractivity contribution >= 4 is 11.8 Å². The van der Waals surface area contributed by atoms with Crippen molar-refractivity contribution in [2.45, 2.75) is 32.9 Å². The smallest absolute Gasteiger partial charge is 0.251 e. The van der Waals surface area contributed by atoms with Crippen LogP contribution in [-0.4, -0.2) is 25.0 Å². The number of hydrogen-bond donors (Lipinski definition) is 2. The second-order valence-electron chi connectivity index (χ2n) is 6.71. The Hall–Kier alpha value is -2.89. The minimum absolute atomic E-state index is 0.104. The van der Waals surface area contributed by atoms with Gasteiger partial charge in [0.25, 0.3) is 5.91 Å². The van der Waals surface area contributed by atoms with Crippen LogP contribution in [-0.2, 0) is 4.79 Å². The number of carbonyl (C=O) groups is 2. The van der Waals surface area contributed by atoms with E-state index in [4.69, 9.17) is 4.74 Å². The number of halogens is 1. The fourth-order valence-corrected chi connectivity index (χ4v) is 2.64. The molecule has 0 radical (unpaired) electrons. The van der Waals surface area contributed by atoms with E-state index in [0.717, 1.165) is 5.56 Å². The van der Waals surface area contributed by atoms with Crippen molar-refractivity contribution in [3.63, 3.8) is 0 Å². The van der Waals surface area contributed by atoms with Crippen LogP contribution in [0.5, 0.6) is 5.75 Å².